The van der Waals surface area contributed by atoms with E-state index in [2.05, 4.69) is 20.5 Å². The third kappa shape index (κ3) is 4.56. The van der Waals surface area contributed by atoms with E-state index < -0.39 is 18.5 Å². The molecule has 0 aliphatic heterocycles. The molecule has 0 saturated heterocycles. The van der Waals surface area contributed by atoms with Crippen molar-refractivity contribution in [1.29, 1.82) is 0 Å². The zero-order chi connectivity index (χ0) is 20.8. The highest BCUT2D eigenvalue weighted by Crippen LogP contribution is 2.19. The largest absolute Gasteiger partial charge is 0.452 e. The Morgan fingerprint density at radius 2 is 1.83 bits per heavy atom. The van der Waals surface area contributed by atoms with Gasteiger partial charge in [-0.15, -0.1) is 5.10 Å². The Bertz CT molecular complexity index is 1210. The Morgan fingerprint density at radius 1 is 1.00 bits per heavy atom. The summed E-state index contributed by atoms with van der Waals surface area (Å²) in [5.74, 6) is -0.977. The van der Waals surface area contributed by atoms with E-state index in [1.54, 1.807) is 24.4 Å². The van der Waals surface area contributed by atoms with Crippen LogP contribution in [0.2, 0.25) is 0 Å². The van der Waals surface area contributed by atoms with Gasteiger partial charge in [-0.05, 0) is 24.3 Å². The highest BCUT2D eigenvalue weighted by Gasteiger charge is 2.12. The van der Waals surface area contributed by atoms with E-state index in [9.17, 15) is 9.59 Å². The van der Waals surface area contributed by atoms with Crippen LogP contribution in [0.5, 0.6) is 0 Å². The zero-order valence-electron chi connectivity index (χ0n) is 15.7. The number of hydrogen-bond donors (Lipinski definition) is 1. The molecular weight excluding hydrogens is 384 g/mol. The minimum atomic E-state index is -0.659. The number of carbonyl (C=O) groups is 2. The first-order chi connectivity index (χ1) is 14.7. The normalized spacial score (nSPS) is 10.9. The molecule has 0 bridgehead atoms. The molecule has 0 aliphatic carbocycles. The molecule has 1 N–H and O–H groups in total. The number of hydrogen-bond acceptors (Lipinski definition) is 7. The molecule has 2 aromatic carbocycles. The molecule has 8 nitrogen and oxygen atoms in total. The predicted octanol–water partition coefficient (Wildman–Crippen LogP) is 3.48. The quantitative estimate of drug-likeness (QED) is 0.390. The molecule has 1 amide bonds. The van der Waals surface area contributed by atoms with Crippen LogP contribution < -0.4 is 5.32 Å². The molecule has 0 atom stereocenters. The van der Waals surface area contributed by atoms with Crippen LogP contribution in [0.3, 0.4) is 0 Å². The molecule has 4 rings (SSSR count). The Balaban J connectivity index is 1.31. The molecule has 0 unspecified atom stereocenters. The molecule has 2 heterocycles. The van der Waals surface area contributed by atoms with Gasteiger partial charge < -0.3 is 9.15 Å². The molecule has 0 radical (unpaired) electrons. The molecule has 0 aliphatic rings. The average molecular weight is 400 g/mol. The second-order valence-corrected chi connectivity index (χ2v) is 6.19. The number of rotatable bonds is 6. The lowest BCUT2D eigenvalue weighted by Crippen LogP contribution is -2.20. The molecule has 148 valence electrons. The fraction of sp³-hybridized carbons (Fsp3) is 0.0455. The lowest BCUT2D eigenvalue weighted by atomic mass is 10.1. The molecule has 0 fully saturated rings. The summed E-state index contributed by atoms with van der Waals surface area (Å²) < 4.78 is 10.3. The lowest BCUT2D eigenvalue weighted by molar-refractivity contribution is -0.142. The average Bonchev–Trinajstić information content (AvgIpc) is 3.25. The van der Waals surface area contributed by atoms with Crippen molar-refractivity contribution >= 4 is 34.9 Å². The molecule has 4 aromatic rings. The Labute approximate surface area is 171 Å². The molecule has 0 saturated carbocycles. The number of carbonyl (C=O) groups excluding carboxylic acids is 2. The van der Waals surface area contributed by atoms with Gasteiger partial charge in [-0.3, -0.25) is 15.1 Å². The minimum absolute atomic E-state index is 0.0766. The van der Waals surface area contributed by atoms with Gasteiger partial charge in [0.05, 0.1) is 5.52 Å². The van der Waals surface area contributed by atoms with Crippen molar-refractivity contribution in [2.75, 3.05) is 11.9 Å². The van der Waals surface area contributed by atoms with Crippen molar-refractivity contribution in [1.82, 2.24) is 15.2 Å². The first-order valence-electron chi connectivity index (χ1n) is 9.06. The third-order valence-electron chi connectivity index (χ3n) is 4.10. The number of fused-ring (bicyclic) bond motifs is 1. The minimum Gasteiger partial charge on any atom is -0.452 e. The molecule has 30 heavy (non-hydrogen) atoms. The molecule has 8 heteroatoms. The molecule has 0 spiro atoms. The predicted molar refractivity (Wildman–Crippen MR) is 110 cm³/mol. The number of ether oxygens (including phenoxy) is 1. The molecular formula is C22H16N4O4. The van der Waals surface area contributed by atoms with Gasteiger partial charge in [0.2, 0.25) is 5.89 Å². The van der Waals surface area contributed by atoms with Crippen LogP contribution in [0.15, 0.2) is 77.4 Å². The number of nitrogens with one attached hydrogen (secondary N) is 1. The van der Waals surface area contributed by atoms with Gasteiger partial charge in [-0.25, -0.2) is 4.79 Å². The van der Waals surface area contributed by atoms with Crippen molar-refractivity contribution in [3.8, 4) is 11.5 Å². The maximum absolute atomic E-state index is 12.0. The van der Waals surface area contributed by atoms with Crippen LogP contribution in [0.25, 0.3) is 28.4 Å². The smallest absolute Gasteiger partial charge is 0.331 e. The Morgan fingerprint density at radius 3 is 2.70 bits per heavy atom. The Kier molecular flexibility index (Phi) is 5.56. The van der Waals surface area contributed by atoms with E-state index in [0.29, 0.717) is 0 Å². The number of anilines is 1. The fourth-order valence-corrected chi connectivity index (χ4v) is 2.73. The van der Waals surface area contributed by atoms with Crippen molar-refractivity contribution < 1.29 is 18.7 Å². The van der Waals surface area contributed by atoms with Crippen molar-refractivity contribution in [3.05, 3.63) is 78.5 Å². The van der Waals surface area contributed by atoms with E-state index in [1.165, 1.54) is 6.08 Å². The number of benzene rings is 2. The fourth-order valence-electron chi connectivity index (χ4n) is 2.73. The van der Waals surface area contributed by atoms with E-state index in [-0.39, 0.29) is 11.9 Å². The summed E-state index contributed by atoms with van der Waals surface area (Å²) in [5, 5.41) is 11.0. The highest BCUT2D eigenvalue weighted by molar-refractivity contribution is 5.95. The summed E-state index contributed by atoms with van der Waals surface area (Å²) in [6.07, 6.45) is 4.53. The number of aromatic nitrogens is 3. The number of nitrogens with zero attached hydrogens (tertiary/aromatic N) is 3. The number of amides is 1. The first kappa shape index (κ1) is 19.0. The summed E-state index contributed by atoms with van der Waals surface area (Å²) in [6, 6.07) is 18.5. The summed E-state index contributed by atoms with van der Waals surface area (Å²) >= 11 is 0. The number of esters is 1. The van der Waals surface area contributed by atoms with Crippen molar-refractivity contribution in [3.63, 3.8) is 0 Å². The highest BCUT2D eigenvalue weighted by atomic mass is 16.5. The van der Waals surface area contributed by atoms with Gasteiger partial charge >= 0.3 is 12.0 Å². The summed E-state index contributed by atoms with van der Waals surface area (Å²) in [6.45, 7) is -0.486. The van der Waals surface area contributed by atoms with Crippen LogP contribution in [-0.2, 0) is 14.3 Å². The summed E-state index contributed by atoms with van der Waals surface area (Å²) in [7, 11) is 0. The van der Waals surface area contributed by atoms with Gasteiger partial charge in [0.15, 0.2) is 6.61 Å². The van der Waals surface area contributed by atoms with Crippen LogP contribution >= 0.6 is 0 Å². The number of para-hydroxylation sites is 1. The SMILES string of the molecule is O=C(COC(=O)/C=C/c1cccc2cccnc12)Nc1nnc(-c2ccccc2)o1. The van der Waals surface area contributed by atoms with Gasteiger partial charge in [0, 0.05) is 28.8 Å². The second kappa shape index (κ2) is 8.78. The topological polar surface area (TPSA) is 107 Å². The van der Waals surface area contributed by atoms with Gasteiger partial charge in [-0.1, -0.05) is 47.6 Å². The maximum atomic E-state index is 12.0. The van der Waals surface area contributed by atoms with E-state index in [1.807, 2.05) is 48.5 Å². The Hall–Kier alpha value is -4.33. The maximum Gasteiger partial charge on any atom is 0.331 e. The van der Waals surface area contributed by atoms with E-state index in [0.717, 1.165) is 22.0 Å². The van der Waals surface area contributed by atoms with E-state index in [4.69, 9.17) is 9.15 Å². The lowest BCUT2D eigenvalue weighted by Gasteiger charge is -2.02. The summed E-state index contributed by atoms with van der Waals surface area (Å²) in [5.41, 5.74) is 2.27. The molecule has 2 aromatic heterocycles. The van der Waals surface area contributed by atoms with Crippen LogP contribution in [0.1, 0.15) is 5.56 Å². The van der Waals surface area contributed by atoms with Crippen LogP contribution in [0.4, 0.5) is 6.01 Å². The van der Waals surface area contributed by atoms with Crippen LogP contribution in [0, 0.1) is 0 Å². The monoisotopic (exact) mass is 400 g/mol. The standard InChI is InChI=1S/C22H16N4O4/c27-18(24-22-26-25-21(30-22)17-6-2-1-3-7-17)14-29-19(28)12-11-16-9-4-8-15-10-5-13-23-20(15)16/h1-13H,14H2,(H,24,26,27)/b12-11+. The van der Waals surface area contributed by atoms with Crippen LogP contribution in [-0.4, -0.2) is 33.7 Å². The van der Waals surface area contributed by atoms with Crippen molar-refractivity contribution in [2.45, 2.75) is 0 Å². The van der Waals surface area contributed by atoms with Gasteiger partial charge in [0.25, 0.3) is 5.91 Å². The third-order valence-corrected chi connectivity index (χ3v) is 4.10. The van der Waals surface area contributed by atoms with Gasteiger partial charge in [0.1, 0.15) is 0 Å². The van der Waals surface area contributed by atoms with Gasteiger partial charge in [-0.2, -0.15) is 0 Å². The van der Waals surface area contributed by atoms with E-state index >= 15 is 0 Å². The van der Waals surface area contributed by atoms with Crippen molar-refractivity contribution in [2.24, 2.45) is 0 Å². The summed E-state index contributed by atoms with van der Waals surface area (Å²) in [4.78, 5) is 28.2. The first-order valence-corrected chi connectivity index (χ1v) is 9.06. The number of pyridine rings is 1. The zero-order valence-corrected chi connectivity index (χ0v) is 15.7. The second-order valence-electron chi connectivity index (χ2n) is 6.19.